The third kappa shape index (κ3) is 67.7. The summed E-state index contributed by atoms with van der Waals surface area (Å²) in [5.74, 6) is 0.460. The topological polar surface area (TPSA) is 359 Å². The number of hydrogen-bond donors (Lipinski definition) is 9. The van der Waals surface area contributed by atoms with Gasteiger partial charge in [0, 0.05) is 5.56 Å². The second kappa shape index (κ2) is 65.5. The molecule has 4 aromatic carbocycles. The average molecular weight is 1230 g/mol. The number of carbonyl (C=O) groups excluding carboxylic acids is 5. The molecule has 12 N–H and O–H groups in total. The lowest BCUT2D eigenvalue weighted by Crippen LogP contribution is -2.32. The van der Waals surface area contributed by atoms with Gasteiger partial charge in [-0.25, -0.2) is 4.79 Å². The Morgan fingerprint density at radius 3 is 1.19 bits per heavy atom. The lowest BCUT2D eigenvalue weighted by Gasteiger charge is -2.14. The number of para-hydroxylation sites is 4. The molecule has 2 atom stereocenters. The number of benzene rings is 4. The molecule has 2 unspecified atom stereocenters. The van der Waals surface area contributed by atoms with Crippen molar-refractivity contribution in [2.75, 3.05) is 33.3 Å². The summed E-state index contributed by atoms with van der Waals surface area (Å²) < 4.78 is 37.4. The van der Waals surface area contributed by atoms with E-state index in [0.717, 1.165) is 16.9 Å². The van der Waals surface area contributed by atoms with Crippen LogP contribution in [0.4, 0.5) is 4.79 Å². The highest BCUT2D eigenvalue weighted by Gasteiger charge is 2.22. The summed E-state index contributed by atoms with van der Waals surface area (Å²) in [6.45, 7) is 26.8. The zero-order chi connectivity index (χ0) is 63.4. The SMILES string of the molecule is C.C.C.C.C.CC(C)(C)C(=O)OCO.CC(C)OC(=O)C(C)N.CC(C)OC(=O)CN.CC(C)OC(=O)OCO.CCC(N)C(=O)OC(C)C.CCOc1ccccc1CO.CCOc1ccccc1O.OCc1ccccc1.Oc1ccccc1. The molecule has 0 aliphatic heterocycles. The van der Waals surface area contributed by atoms with E-state index in [4.69, 9.17) is 66.8 Å². The molecular weight excluding hydrogens is 1110 g/mol. The summed E-state index contributed by atoms with van der Waals surface area (Å²) >= 11 is 0. The first kappa shape index (κ1) is 101. The van der Waals surface area contributed by atoms with Crippen molar-refractivity contribution in [2.45, 2.75) is 197 Å². The number of ether oxygens (including phenoxy) is 8. The lowest BCUT2D eigenvalue weighted by atomic mass is 9.98. The number of aliphatic hydroxyl groups is 4. The van der Waals surface area contributed by atoms with Gasteiger partial charge in [-0.1, -0.05) is 123 Å². The van der Waals surface area contributed by atoms with E-state index < -0.39 is 37.2 Å². The molecule has 0 aromatic heterocycles. The van der Waals surface area contributed by atoms with Gasteiger partial charge in [0.2, 0.25) is 0 Å². The monoisotopic (exact) mass is 1230 g/mol. The molecule has 0 amide bonds. The molecule has 0 spiro atoms. The van der Waals surface area contributed by atoms with Crippen molar-refractivity contribution in [1.29, 1.82) is 0 Å². The summed E-state index contributed by atoms with van der Waals surface area (Å²) in [6.07, 6.45) is -0.595. The van der Waals surface area contributed by atoms with Crippen molar-refractivity contribution < 1.29 is 92.5 Å². The Labute approximate surface area is 517 Å². The fraction of sp³-hybridized carbons (Fsp3) is 0.547. The van der Waals surface area contributed by atoms with Crippen LogP contribution in [0.3, 0.4) is 0 Å². The molecule has 502 valence electrons. The number of carbonyl (C=O) groups is 5. The Hall–Kier alpha value is -7.05. The van der Waals surface area contributed by atoms with Crippen LogP contribution < -0.4 is 26.7 Å². The Balaban J connectivity index is -0.0000000940. The quantitative estimate of drug-likeness (QED) is 0.0286. The smallest absolute Gasteiger partial charge is 0.508 e. The third-order valence-electron chi connectivity index (χ3n) is 8.06. The number of phenolic OH excluding ortho intramolecular Hbond substituents is 2. The molecule has 0 fully saturated rings. The number of aliphatic hydroxyl groups excluding tert-OH is 4. The molecule has 0 saturated heterocycles. The Morgan fingerprint density at radius 2 is 0.895 bits per heavy atom. The first-order valence-corrected chi connectivity index (χ1v) is 26.1. The summed E-state index contributed by atoms with van der Waals surface area (Å²) in [5.41, 5.74) is 16.8. The van der Waals surface area contributed by atoms with Crippen molar-refractivity contribution in [3.8, 4) is 23.0 Å². The Kier molecular flexibility index (Phi) is 76.8. The molecule has 0 radical (unpaired) electrons. The van der Waals surface area contributed by atoms with Crippen LogP contribution in [0.1, 0.15) is 159 Å². The van der Waals surface area contributed by atoms with Crippen LogP contribution in [0.5, 0.6) is 23.0 Å². The highest BCUT2D eigenvalue weighted by Crippen LogP contribution is 2.24. The maximum absolute atomic E-state index is 10.8. The van der Waals surface area contributed by atoms with Gasteiger partial charge in [0.15, 0.2) is 25.1 Å². The molecule has 22 nitrogen and oxygen atoms in total. The zero-order valence-electron chi connectivity index (χ0n) is 50.2. The minimum absolute atomic E-state index is 0. The fourth-order valence-corrected chi connectivity index (χ4v) is 4.37. The second-order valence-electron chi connectivity index (χ2n) is 18.1. The molecule has 4 aromatic rings. The van der Waals surface area contributed by atoms with Gasteiger partial charge >= 0.3 is 30.0 Å². The van der Waals surface area contributed by atoms with Gasteiger partial charge < -0.3 is 85.7 Å². The van der Waals surface area contributed by atoms with E-state index in [0.29, 0.717) is 31.1 Å². The highest BCUT2D eigenvalue weighted by molar-refractivity contribution is 5.76. The Bertz CT molecular complexity index is 2140. The van der Waals surface area contributed by atoms with Crippen molar-refractivity contribution in [2.24, 2.45) is 22.6 Å². The minimum Gasteiger partial charge on any atom is -0.508 e. The first-order chi connectivity index (χ1) is 38.0. The van der Waals surface area contributed by atoms with Crippen molar-refractivity contribution in [3.63, 3.8) is 0 Å². The number of phenols is 2. The predicted molar refractivity (Wildman–Crippen MR) is 344 cm³/mol. The van der Waals surface area contributed by atoms with Crippen molar-refractivity contribution in [1.82, 2.24) is 0 Å². The van der Waals surface area contributed by atoms with E-state index >= 15 is 0 Å². The van der Waals surface area contributed by atoms with Crippen molar-refractivity contribution in [3.05, 3.63) is 120 Å². The van der Waals surface area contributed by atoms with Crippen molar-refractivity contribution >= 4 is 30.0 Å². The van der Waals surface area contributed by atoms with Gasteiger partial charge in [-0.15, -0.1) is 0 Å². The van der Waals surface area contributed by atoms with E-state index in [1.54, 1.807) is 126 Å². The van der Waals surface area contributed by atoms with Gasteiger partial charge in [0.25, 0.3) is 0 Å². The largest absolute Gasteiger partial charge is 0.510 e. The lowest BCUT2D eigenvalue weighted by molar-refractivity contribution is -0.161. The van der Waals surface area contributed by atoms with Crippen LogP contribution in [-0.2, 0) is 60.8 Å². The maximum atomic E-state index is 10.8. The number of aromatic hydroxyl groups is 2. The zero-order valence-corrected chi connectivity index (χ0v) is 50.2. The second-order valence-corrected chi connectivity index (χ2v) is 18.1. The number of nitrogens with two attached hydrogens (primary N) is 3. The first-order valence-electron chi connectivity index (χ1n) is 26.1. The molecular formula is C64H117N3O19. The summed E-state index contributed by atoms with van der Waals surface area (Å²) in [7, 11) is 0. The molecule has 0 bridgehead atoms. The summed E-state index contributed by atoms with van der Waals surface area (Å²) in [6, 6.07) is 31.7. The third-order valence-corrected chi connectivity index (χ3v) is 8.06. The summed E-state index contributed by atoms with van der Waals surface area (Å²) in [4.78, 5) is 52.6. The van der Waals surface area contributed by atoms with Gasteiger partial charge in [-0.3, -0.25) is 19.2 Å². The maximum Gasteiger partial charge on any atom is 0.510 e. The average Bonchev–Trinajstić information content (AvgIpc) is 3.43. The van der Waals surface area contributed by atoms with E-state index in [1.807, 2.05) is 87.5 Å². The molecule has 0 aliphatic carbocycles. The van der Waals surface area contributed by atoms with Gasteiger partial charge in [0.05, 0.1) is 62.8 Å². The van der Waals surface area contributed by atoms with Crippen LogP contribution in [0.25, 0.3) is 0 Å². The van der Waals surface area contributed by atoms with E-state index in [1.165, 1.54) is 0 Å². The molecule has 0 heterocycles. The van der Waals surface area contributed by atoms with E-state index in [2.05, 4.69) is 18.9 Å². The normalized spacial score (nSPS) is 9.84. The van der Waals surface area contributed by atoms with E-state index in [-0.39, 0.29) is 111 Å². The molecule has 0 saturated carbocycles. The number of esters is 4. The fourth-order valence-electron chi connectivity index (χ4n) is 4.37. The predicted octanol–water partition coefficient (Wildman–Crippen LogP) is 11.0. The Morgan fingerprint density at radius 1 is 0.500 bits per heavy atom. The van der Waals surface area contributed by atoms with Crippen LogP contribution >= 0.6 is 0 Å². The molecule has 0 aliphatic rings. The molecule has 86 heavy (non-hydrogen) atoms. The highest BCUT2D eigenvalue weighted by atomic mass is 16.8. The van der Waals surface area contributed by atoms with Crippen LogP contribution in [0.15, 0.2) is 109 Å². The van der Waals surface area contributed by atoms with Crippen LogP contribution in [-0.4, -0.2) is 131 Å². The van der Waals surface area contributed by atoms with Gasteiger partial charge in [-0.2, -0.15) is 0 Å². The minimum atomic E-state index is -0.840. The van der Waals surface area contributed by atoms with Crippen LogP contribution in [0.2, 0.25) is 0 Å². The number of hydrogen-bond acceptors (Lipinski definition) is 22. The standard InChI is InChI=1S/C9H12O2.C8H10O2.C7H15NO2.C7H8O.C6H13NO2.C6H12O3.C6H6O.C5H11NO2.C5H10O4.5CH4/c1-2-11-9-6-4-3-5-8(9)7-10;1-2-10-8-6-4-3-5-7(8)9;1-4-6(8)7(9)10-5(2)3;8-6-7-4-2-1-3-5-7;1-4(2)9-6(8)5(3)7;1-6(2,3)5(8)9-4-7;7-6-4-2-1-3-5-6;1-4(2)8-5(7)3-6;1-4(2)9-5(7)8-3-6;;;;;/h3-6,10H,2,7H2,1H3;3-6,9H,2H2,1H3;5-6H,4,8H2,1-3H3;1-5,8H,6H2;4-5H,7H2,1-3H3;7H,4H2,1-3H3;1-5,7H;4H,3,6H2,1-2H3;4,6H,3H2,1-2H3;5*1H4. The molecule has 4 rings (SSSR count). The number of rotatable bonds is 16. The van der Waals surface area contributed by atoms with Gasteiger partial charge in [-0.05, 0) is 139 Å². The van der Waals surface area contributed by atoms with Crippen LogP contribution in [0, 0.1) is 5.41 Å². The van der Waals surface area contributed by atoms with Gasteiger partial charge in [0.1, 0.15) is 23.6 Å². The van der Waals surface area contributed by atoms with E-state index in [9.17, 15) is 24.0 Å². The molecule has 22 heteroatoms. The summed E-state index contributed by atoms with van der Waals surface area (Å²) in [5, 5.41) is 51.3.